The van der Waals surface area contributed by atoms with Gasteiger partial charge < -0.3 is 10.1 Å². The van der Waals surface area contributed by atoms with Crippen molar-refractivity contribution >= 4 is 33.3 Å². The van der Waals surface area contributed by atoms with Crippen molar-refractivity contribution in [3.63, 3.8) is 0 Å². The van der Waals surface area contributed by atoms with Gasteiger partial charge in [0.2, 0.25) is 10.0 Å². The molecular weight excluding hydrogens is 440 g/mol. The van der Waals surface area contributed by atoms with Gasteiger partial charge in [-0.1, -0.05) is 24.3 Å². The molecule has 0 saturated carbocycles. The van der Waals surface area contributed by atoms with Gasteiger partial charge in [-0.15, -0.1) is 0 Å². The first-order chi connectivity index (χ1) is 15.6. The maximum atomic E-state index is 12.6. The van der Waals surface area contributed by atoms with Crippen LogP contribution < -0.4 is 9.62 Å². The monoisotopic (exact) mass is 466 g/mol. The van der Waals surface area contributed by atoms with Gasteiger partial charge in [-0.3, -0.25) is 9.10 Å². The molecule has 1 amide bonds. The summed E-state index contributed by atoms with van der Waals surface area (Å²) in [6.45, 7) is 4.05. The van der Waals surface area contributed by atoms with E-state index in [1.54, 1.807) is 48.5 Å². The molecule has 8 heteroatoms. The van der Waals surface area contributed by atoms with E-state index >= 15 is 0 Å². The second kappa shape index (κ2) is 9.87. The van der Waals surface area contributed by atoms with Crippen LogP contribution in [0.15, 0.2) is 66.7 Å². The van der Waals surface area contributed by atoms with Crippen molar-refractivity contribution in [3.8, 4) is 0 Å². The van der Waals surface area contributed by atoms with Crippen LogP contribution in [0.1, 0.15) is 37.4 Å². The number of sulfonamides is 1. The summed E-state index contributed by atoms with van der Waals surface area (Å²) in [4.78, 5) is 24.3. The molecule has 0 aromatic heterocycles. The number of carbonyl (C=O) groups excluding carboxylic acids is 2. The van der Waals surface area contributed by atoms with Crippen molar-refractivity contribution in [2.24, 2.45) is 0 Å². The molecule has 0 aliphatic rings. The highest BCUT2D eigenvalue weighted by molar-refractivity contribution is 7.92. The SMILES string of the molecule is COC(=O)c1cccc(NC(=O)c2ccc(CN(c3ccc(C)c(C)c3)S(C)(=O)=O)cc2)c1. The number of anilines is 2. The van der Waals surface area contributed by atoms with Gasteiger partial charge >= 0.3 is 5.97 Å². The molecule has 1 N–H and O–H groups in total. The van der Waals surface area contributed by atoms with Crippen LogP contribution >= 0.6 is 0 Å². The summed E-state index contributed by atoms with van der Waals surface area (Å²) in [6.07, 6.45) is 1.17. The van der Waals surface area contributed by atoms with E-state index in [2.05, 4.69) is 5.32 Å². The average Bonchev–Trinajstić information content (AvgIpc) is 2.78. The van der Waals surface area contributed by atoms with Gasteiger partial charge in [-0.2, -0.15) is 0 Å². The zero-order valence-electron chi connectivity index (χ0n) is 19.0. The number of aryl methyl sites for hydroxylation is 2. The summed E-state index contributed by atoms with van der Waals surface area (Å²) in [7, 11) is -2.22. The molecule has 0 atom stereocenters. The van der Waals surface area contributed by atoms with Crippen LogP contribution in [0.5, 0.6) is 0 Å². The molecule has 0 heterocycles. The number of amides is 1. The van der Waals surface area contributed by atoms with Crippen LogP contribution in [0, 0.1) is 13.8 Å². The predicted octanol–water partition coefficient (Wildman–Crippen LogP) is 4.31. The number of nitrogens with zero attached hydrogens (tertiary/aromatic N) is 1. The minimum Gasteiger partial charge on any atom is -0.465 e. The highest BCUT2D eigenvalue weighted by Crippen LogP contribution is 2.24. The third-order valence-corrected chi connectivity index (χ3v) is 6.40. The first kappa shape index (κ1) is 24.0. The largest absolute Gasteiger partial charge is 0.465 e. The van der Waals surface area contributed by atoms with E-state index in [1.165, 1.54) is 23.7 Å². The molecule has 3 aromatic rings. The summed E-state index contributed by atoms with van der Waals surface area (Å²) in [5, 5.41) is 2.75. The van der Waals surface area contributed by atoms with E-state index in [1.807, 2.05) is 26.0 Å². The Morgan fingerprint density at radius 1 is 0.909 bits per heavy atom. The Kier molecular flexibility index (Phi) is 7.18. The van der Waals surface area contributed by atoms with E-state index in [-0.39, 0.29) is 12.5 Å². The van der Waals surface area contributed by atoms with Gasteiger partial charge in [0.05, 0.1) is 31.2 Å². The predicted molar refractivity (Wildman–Crippen MR) is 129 cm³/mol. The second-order valence-electron chi connectivity index (χ2n) is 7.76. The number of hydrogen-bond acceptors (Lipinski definition) is 5. The zero-order valence-corrected chi connectivity index (χ0v) is 19.8. The normalized spacial score (nSPS) is 11.0. The average molecular weight is 467 g/mol. The van der Waals surface area contributed by atoms with Crippen molar-refractivity contribution in [1.82, 2.24) is 0 Å². The molecule has 3 aromatic carbocycles. The van der Waals surface area contributed by atoms with Crippen molar-refractivity contribution in [3.05, 3.63) is 94.5 Å². The Hall–Kier alpha value is -3.65. The number of carbonyl (C=O) groups is 2. The third kappa shape index (κ3) is 5.98. The van der Waals surface area contributed by atoms with Gasteiger partial charge in [0.15, 0.2) is 0 Å². The summed E-state index contributed by atoms with van der Waals surface area (Å²) in [6, 6.07) is 18.7. The van der Waals surface area contributed by atoms with Crippen LogP contribution in [0.25, 0.3) is 0 Å². The van der Waals surface area contributed by atoms with E-state index in [0.29, 0.717) is 22.5 Å². The number of ether oxygens (including phenoxy) is 1. The number of esters is 1. The topological polar surface area (TPSA) is 92.8 Å². The molecular formula is C25H26N2O5S. The van der Waals surface area contributed by atoms with Crippen LogP contribution in [-0.4, -0.2) is 33.7 Å². The number of hydrogen-bond donors (Lipinski definition) is 1. The van der Waals surface area contributed by atoms with Crippen molar-refractivity contribution in [1.29, 1.82) is 0 Å². The fourth-order valence-corrected chi connectivity index (χ4v) is 4.13. The maximum Gasteiger partial charge on any atom is 0.337 e. The number of methoxy groups -OCH3 is 1. The number of nitrogens with one attached hydrogen (secondary N) is 1. The van der Waals surface area contributed by atoms with Crippen LogP contribution in [0.2, 0.25) is 0 Å². The summed E-state index contributed by atoms with van der Waals surface area (Å²) in [5.41, 5.74) is 4.61. The number of rotatable bonds is 7. The lowest BCUT2D eigenvalue weighted by Gasteiger charge is -2.23. The molecule has 33 heavy (non-hydrogen) atoms. The molecule has 0 unspecified atom stereocenters. The van der Waals surface area contributed by atoms with Crippen molar-refractivity contribution < 1.29 is 22.7 Å². The molecule has 0 bridgehead atoms. The first-order valence-electron chi connectivity index (χ1n) is 10.2. The quantitative estimate of drug-likeness (QED) is 0.524. The maximum absolute atomic E-state index is 12.6. The van der Waals surface area contributed by atoms with Gasteiger partial charge in [0.1, 0.15) is 0 Å². The second-order valence-corrected chi connectivity index (χ2v) is 9.67. The molecule has 0 aliphatic heterocycles. The number of benzene rings is 3. The minimum atomic E-state index is -3.51. The summed E-state index contributed by atoms with van der Waals surface area (Å²) in [5.74, 6) is -0.840. The van der Waals surface area contributed by atoms with E-state index in [4.69, 9.17) is 4.74 Å². The highest BCUT2D eigenvalue weighted by Gasteiger charge is 2.19. The van der Waals surface area contributed by atoms with E-state index in [9.17, 15) is 18.0 Å². The Morgan fingerprint density at radius 2 is 1.61 bits per heavy atom. The minimum absolute atomic E-state index is 0.143. The van der Waals surface area contributed by atoms with Gasteiger partial charge in [0.25, 0.3) is 5.91 Å². The first-order valence-corrected chi connectivity index (χ1v) is 12.1. The molecule has 172 valence electrons. The molecule has 3 rings (SSSR count). The van der Waals surface area contributed by atoms with Gasteiger partial charge in [-0.25, -0.2) is 13.2 Å². The summed E-state index contributed by atoms with van der Waals surface area (Å²) >= 11 is 0. The van der Waals surface area contributed by atoms with Crippen LogP contribution in [0.4, 0.5) is 11.4 Å². The zero-order chi connectivity index (χ0) is 24.2. The van der Waals surface area contributed by atoms with Crippen molar-refractivity contribution in [2.75, 3.05) is 23.0 Å². The lowest BCUT2D eigenvalue weighted by atomic mass is 10.1. The fraction of sp³-hybridized carbons (Fsp3) is 0.200. The standard InChI is InChI=1S/C25H26N2O5S/c1-17-8-13-23(14-18(17)2)27(33(4,30)31)16-19-9-11-20(12-10-19)24(28)26-22-7-5-6-21(15-22)25(29)32-3/h5-15H,16H2,1-4H3,(H,26,28). The molecule has 0 fully saturated rings. The Labute approximate surface area is 194 Å². The van der Waals surface area contributed by atoms with Crippen LogP contribution in [0.3, 0.4) is 0 Å². The lowest BCUT2D eigenvalue weighted by molar-refractivity contribution is 0.0600. The Balaban J connectivity index is 1.76. The molecule has 0 saturated heterocycles. The van der Waals surface area contributed by atoms with Gasteiger partial charge in [-0.05, 0) is 73.0 Å². The molecule has 0 radical (unpaired) electrons. The van der Waals surface area contributed by atoms with Crippen molar-refractivity contribution in [2.45, 2.75) is 20.4 Å². The van der Waals surface area contributed by atoms with Gasteiger partial charge in [0, 0.05) is 11.3 Å². The highest BCUT2D eigenvalue weighted by atomic mass is 32.2. The third-order valence-electron chi connectivity index (χ3n) is 5.26. The Morgan fingerprint density at radius 3 is 2.21 bits per heavy atom. The smallest absolute Gasteiger partial charge is 0.337 e. The van der Waals surface area contributed by atoms with E-state index < -0.39 is 16.0 Å². The summed E-state index contributed by atoms with van der Waals surface area (Å²) < 4.78 is 30.9. The molecule has 0 aliphatic carbocycles. The fourth-order valence-electron chi connectivity index (χ4n) is 3.25. The van der Waals surface area contributed by atoms with E-state index in [0.717, 1.165) is 16.7 Å². The Bertz CT molecular complexity index is 1280. The lowest BCUT2D eigenvalue weighted by Crippen LogP contribution is -2.29. The van der Waals surface area contributed by atoms with Crippen LogP contribution in [-0.2, 0) is 21.3 Å². The molecule has 0 spiro atoms. The molecule has 7 nitrogen and oxygen atoms in total.